The van der Waals surface area contributed by atoms with E-state index in [1.807, 2.05) is 0 Å². The first-order valence-electron chi connectivity index (χ1n) is 3.39. The van der Waals surface area contributed by atoms with Gasteiger partial charge in [0.15, 0.2) is 0 Å². The highest BCUT2D eigenvalue weighted by molar-refractivity contribution is 14.1. The zero-order valence-electron chi connectivity index (χ0n) is 6.80. The van der Waals surface area contributed by atoms with Crippen LogP contribution < -0.4 is 10.5 Å². The summed E-state index contributed by atoms with van der Waals surface area (Å²) >= 11 is 4.32. The third-order valence-corrected chi connectivity index (χ3v) is 4.32. The van der Waals surface area contributed by atoms with E-state index in [2.05, 4.69) is 45.2 Å². The quantitative estimate of drug-likeness (QED) is 0.769. The molecule has 70 valence electrons. The molecule has 0 fully saturated rings. The molecule has 0 aliphatic rings. The minimum Gasteiger partial charge on any atom is -0.496 e. The zero-order chi connectivity index (χ0) is 10.0. The number of hydrogen-bond donors (Lipinski definition) is 1. The van der Waals surface area contributed by atoms with Gasteiger partial charge in [0.05, 0.1) is 12.7 Å². The number of methoxy groups -OCH3 is 1. The van der Waals surface area contributed by atoms with Gasteiger partial charge in [0.25, 0.3) is 5.91 Å². The maximum absolute atomic E-state index is 11.0. The van der Waals surface area contributed by atoms with Gasteiger partial charge in [-0.3, -0.25) is 4.79 Å². The van der Waals surface area contributed by atoms with E-state index < -0.39 is 5.91 Å². The molecule has 0 saturated heterocycles. The number of amides is 1. The standard InChI is InChI=1S/C8H7I2NO2/c1-13-7-3-6(10)5(9)2-4(7)8(11)12/h2-3H,1H3,(H2,11,12). The molecule has 0 heterocycles. The van der Waals surface area contributed by atoms with E-state index in [0.29, 0.717) is 11.3 Å². The lowest BCUT2D eigenvalue weighted by Gasteiger charge is -2.06. The van der Waals surface area contributed by atoms with E-state index in [1.165, 1.54) is 7.11 Å². The first kappa shape index (κ1) is 11.0. The normalized spacial score (nSPS) is 9.77. The Morgan fingerprint density at radius 2 is 1.92 bits per heavy atom. The van der Waals surface area contributed by atoms with Crippen molar-refractivity contribution in [1.82, 2.24) is 0 Å². The molecule has 0 aliphatic carbocycles. The minimum atomic E-state index is -0.467. The molecule has 1 aromatic carbocycles. The maximum atomic E-state index is 11.0. The molecule has 0 radical (unpaired) electrons. The van der Waals surface area contributed by atoms with Crippen LogP contribution in [0, 0.1) is 7.14 Å². The van der Waals surface area contributed by atoms with Crippen molar-refractivity contribution >= 4 is 51.1 Å². The number of primary amides is 1. The molecule has 2 N–H and O–H groups in total. The Balaban J connectivity index is 3.33. The first-order chi connectivity index (χ1) is 6.06. The summed E-state index contributed by atoms with van der Waals surface area (Å²) in [5.41, 5.74) is 5.61. The Labute approximate surface area is 103 Å². The molecule has 0 spiro atoms. The van der Waals surface area contributed by atoms with Gasteiger partial charge in [0.1, 0.15) is 5.75 Å². The van der Waals surface area contributed by atoms with Crippen LogP contribution in [0.5, 0.6) is 5.75 Å². The number of ether oxygens (including phenoxy) is 1. The van der Waals surface area contributed by atoms with Crippen molar-refractivity contribution < 1.29 is 9.53 Å². The maximum Gasteiger partial charge on any atom is 0.252 e. The number of carbonyl (C=O) groups excluding carboxylic acids is 1. The number of rotatable bonds is 2. The zero-order valence-corrected chi connectivity index (χ0v) is 11.1. The molecular weight excluding hydrogens is 396 g/mol. The van der Waals surface area contributed by atoms with Gasteiger partial charge in [-0.15, -0.1) is 0 Å². The van der Waals surface area contributed by atoms with Crippen molar-refractivity contribution in [2.75, 3.05) is 7.11 Å². The van der Waals surface area contributed by atoms with Gasteiger partial charge in [-0.2, -0.15) is 0 Å². The topological polar surface area (TPSA) is 52.3 Å². The van der Waals surface area contributed by atoms with Crippen LogP contribution in [0.1, 0.15) is 10.4 Å². The lowest BCUT2D eigenvalue weighted by molar-refractivity contribution is 0.0997. The molecular formula is C8H7I2NO2. The highest BCUT2D eigenvalue weighted by Crippen LogP contribution is 2.25. The molecule has 1 rings (SSSR count). The second kappa shape index (κ2) is 4.45. The molecule has 13 heavy (non-hydrogen) atoms. The molecule has 0 unspecified atom stereocenters. The average molecular weight is 403 g/mol. The Hall–Kier alpha value is -0.0500. The molecule has 5 heteroatoms. The fourth-order valence-corrected chi connectivity index (χ4v) is 1.80. The first-order valence-corrected chi connectivity index (χ1v) is 5.55. The summed E-state index contributed by atoms with van der Waals surface area (Å²) in [4.78, 5) is 11.0. The number of carbonyl (C=O) groups is 1. The summed E-state index contributed by atoms with van der Waals surface area (Å²) in [6, 6.07) is 3.52. The van der Waals surface area contributed by atoms with Gasteiger partial charge >= 0.3 is 0 Å². The number of nitrogens with two attached hydrogens (primary N) is 1. The Morgan fingerprint density at radius 1 is 1.38 bits per heavy atom. The fraction of sp³-hybridized carbons (Fsp3) is 0.125. The van der Waals surface area contributed by atoms with Crippen LogP contribution in [0.2, 0.25) is 0 Å². The summed E-state index contributed by atoms with van der Waals surface area (Å²) < 4.78 is 7.07. The van der Waals surface area contributed by atoms with E-state index in [9.17, 15) is 4.79 Å². The predicted molar refractivity (Wildman–Crippen MR) is 66.9 cm³/mol. The molecule has 0 atom stereocenters. The van der Waals surface area contributed by atoms with Crippen LogP contribution in [0.3, 0.4) is 0 Å². The van der Waals surface area contributed by atoms with Gasteiger partial charge in [-0.25, -0.2) is 0 Å². The van der Waals surface area contributed by atoms with Crippen LogP contribution in [-0.2, 0) is 0 Å². The van der Waals surface area contributed by atoms with E-state index in [-0.39, 0.29) is 0 Å². The third-order valence-electron chi connectivity index (χ3n) is 1.51. The van der Waals surface area contributed by atoms with Crippen LogP contribution in [0.4, 0.5) is 0 Å². The van der Waals surface area contributed by atoms with Gasteiger partial charge in [-0.05, 0) is 57.3 Å². The van der Waals surface area contributed by atoms with Crippen molar-refractivity contribution in [3.63, 3.8) is 0 Å². The fourth-order valence-electron chi connectivity index (χ4n) is 0.890. The van der Waals surface area contributed by atoms with Crippen molar-refractivity contribution in [2.24, 2.45) is 5.73 Å². The van der Waals surface area contributed by atoms with Crippen molar-refractivity contribution in [3.05, 3.63) is 24.8 Å². The molecule has 0 saturated carbocycles. The Morgan fingerprint density at radius 3 is 2.38 bits per heavy atom. The smallest absolute Gasteiger partial charge is 0.252 e. The molecule has 0 aromatic heterocycles. The van der Waals surface area contributed by atoms with Crippen LogP contribution in [0.25, 0.3) is 0 Å². The van der Waals surface area contributed by atoms with E-state index >= 15 is 0 Å². The van der Waals surface area contributed by atoms with Gasteiger partial charge in [0.2, 0.25) is 0 Å². The summed E-state index contributed by atoms with van der Waals surface area (Å²) in [7, 11) is 1.52. The molecule has 3 nitrogen and oxygen atoms in total. The largest absolute Gasteiger partial charge is 0.496 e. The third kappa shape index (κ3) is 2.46. The molecule has 0 bridgehead atoms. The Kier molecular flexibility index (Phi) is 3.77. The van der Waals surface area contributed by atoms with Gasteiger partial charge < -0.3 is 10.5 Å². The summed E-state index contributed by atoms with van der Waals surface area (Å²) in [5.74, 6) is 0.0588. The molecule has 1 aromatic rings. The monoisotopic (exact) mass is 403 g/mol. The van der Waals surface area contributed by atoms with Crippen LogP contribution >= 0.6 is 45.2 Å². The number of benzene rings is 1. The van der Waals surface area contributed by atoms with E-state index in [1.54, 1.807) is 12.1 Å². The SMILES string of the molecule is COc1cc(I)c(I)cc1C(N)=O. The number of halogens is 2. The molecule has 0 aliphatic heterocycles. The van der Waals surface area contributed by atoms with E-state index in [0.717, 1.165) is 7.14 Å². The highest BCUT2D eigenvalue weighted by Gasteiger charge is 2.11. The summed E-state index contributed by atoms with van der Waals surface area (Å²) in [5, 5.41) is 0. The van der Waals surface area contributed by atoms with Gasteiger partial charge in [-0.1, -0.05) is 0 Å². The highest BCUT2D eigenvalue weighted by atomic mass is 127. The van der Waals surface area contributed by atoms with E-state index in [4.69, 9.17) is 10.5 Å². The van der Waals surface area contributed by atoms with Crippen molar-refractivity contribution in [3.8, 4) is 5.75 Å². The number of hydrogen-bond acceptors (Lipinski definition) is 2. The van der Waals surface area contributed by atoms with Crippen molar-refractivity contribution in [2.45, 2.75) is 0 Å². The lowest BCUT2D eigenvalue weighted by atomic mass is 10.2. The van der Waals surface area contributed by atoms with Gasteiger partial charge in [0, 0.05) is 7.14 Å². The second-order valence-corrected chi connectivity index (χ2v) is 4.66. The summed E-state index contributed by atoms with van der Waals surface area (Å²) in [6.45, 7) is 0. The van der Waals surface area contributed by atoms with Crippen LogP contribution in [-0.4, -0.2) is 13.0 Å². The predicted octanol–water partition coefficient (Wildman–Crippen LogP) is 2.00. The second-order valence-electron chi connectivity index (χ2n) is 2.33. The summed E-state index contributed by atoms with van der Waals surface area (Å²) in [6.07, 6.45) is 0. The Bertz CT molecular complexity index is 352. The average Bonchev–Trinajstić information content (AvgIpc) is 2.08. The van der Waals surface area contributed by atoms with Crippen LogP contribution in [0.15, 0.2) is 12.1 Å². The lowest BCUT2D eigenvalue weighted by Crippen LogP contribution is -2.13. The molecule has 1 amide bonds. The minimum absolute atomic E-state index is 0.423. The van der Waals surface area contributed by atoms with Crippen molar-refractivity contribution in [1.29, 1.82) is 0 Å².